The standard InChI is InChI=1S/C19H21NO3/c21-19(16-11-15(16)17-7-4-9-22-17)20-12-14-8-10-23-18(14)13-5-2-1-3-6-13/h1-7,9,14-16,18H,8,10-12H2,(H,20,21)/t14-,15+,16-,18-/m1/s1. The number of carbonyl (C=O) groups is 1. The molecule has 4 rings (SSSR count). The molecule has 0 radical (unpaired) electrons. The van der Waals surface area contributed by atoms with Crippen LogP contribution in [0.5, 0.6) is 0 Å². The van der Waals surface area contributed by atoms with Crippen molar-refractivity contribution in [3.63, 3.8) is 0 Å². The molecule has 23 heavy (non-hydrogen) atoms. The van der Waals surface area contributed by atoms with Crippen LogP contribution in [-0.4, -0.2) is 19.1 Å². The zero-order valence-electron chi connectivity index (χ0n) is 13.0. The van der Waals surface area contributed by atoms with Crippen molar-refractivity contribution in [1.29, 1.82) is 0 Å². The summed E-state index contributed by atoms with van der Waals surface area (Å²) in [5.41, 5.74) is 1.20. The Kier molecular flexibility index (Phi) is 3.92. The third-order valence-corrected chi connectivity index (χ3v) is 4.92. The fourth-order valence-electron chi connectivity index (χ4n) is 3.52. The smallest absolute Gasteiger partial charge is 0.223 e. The SMILES string of the molecule is O=C(NC[C@H]1CCO[C@@H]1c1ccccc1)[C@@H]1C[C@@H]1c1ccco1. The molecule has 2 heterocycles. The highest BCUT2D eigenvalue weighted by atomic mass is 16.5. The van der Waals surface area contributed by atoms with Gasteiger partial charge in [-0.15, -0.1) is 0 Å². The van der Waals surface area contributed by atoms with Gasteiger partial charge < -0.3 is 14.5 Å². The van der Waals surface area contributed by atoms with Crippen LogP contribution in [0.1, 0.15) is 36.2 Å². The van der Waals surface area contributed by atoms with E-state index in [1.54, 1.807) is 6.26 Å². The monoisotopic (exact) mass is 311 g/mol. The van der Waals surface area contributed by atoms with Crippen molar-refractivity contribution in [1.82, 2.24) is 5.32 Å². The molecule has 2 aromatic rings. The van der Waals surface area contributed by atoms with Crippen LogP contribution >= 0.6 is 0 Å². The summed E-state index contributed by atoms with van der Waals surface area (Å²) in [5, 5.41) is 3.12. The molecule has 1 aliphatic carbocycles. The first-order valence-corrected chi connectivity index (χ1v) is 8.30. The third kappa shape index (κ3) is 3.04. The van der Waals surface area contributed by atoms with Crippen LogP contribution < -0.4 is 5.32 Å². The lowest BCUT2D eigenvalue weighted by Crippen LogP contribution is -2.31. The van der Waals surface area contributed by atoms with Crippen LogP contribution in [0.25, 0.3) is 0 Å². The normalized spacial score (nSPS) is 29.4. The fourth-order valence-corrected chi connectivity index (χ4v) is 3.52. The molecule has 4 nitrogen and oxygen atoms in total. The highest BCUT2D eigenvalue weighted by Gasteiger charge is 2.46. The van der Waals surface area contributed by atoms with E-state index in [0.717, 1.165) is 25.2 Å². The predicted molar refractivity (Wildman–Crippen MR) is 85.8 cm³/mol. The Morgan fingerprint density at radius 2 is 2.04 bits per heavy atom. The number of nitrogens with one attached hydrogen (secondary N) is 1. The quantitative estimate of drug-likeness (QED) is 0.922. The van der Waals surface area contributed by atoms with E-state index in [1.807, 2.05) is 30.3 Å². The maximum Gasteiger partial charge on any atom is 0.223 e. The van der Waals surface area contributed by atoms with Gasteiger partial charge in [0.05, 0.1) is 12.4 Å². The molecule has 1 N–H and O–H groups in total. The predicted octanol–water partition coefficient (Wildman–Crippen LogP) is 3.28. The Bertz CT molecular complexity index is 653. The van der Waals surface area contributed by atoms with E-state index < -0.39 is 0 Å². The zero-order valence-corrected chi connectivity index (χ0v) is 13.0. The van der Waals surface area contributed by atoms with E-state index in [-0.39, 0.29) is 23.8 Å². The van der Waals surface area contributed by atoms with Crippen molar-refractivity contribution in [3.05, 3.63) is 60.1 Å². The summed E-state index contributed by atoms with van der Waals surface area (Å²) in [6.07, 6.45) is 3.65. The van der Waals surface area contributed by atoms with Crippen molar-refractivity contribution in [3.8, 4) is 0 Å². The Balaban J connectivity index is 1.31. The van der Waals surface area contributed by atoms with Gasteiger partial charge in [-0.3, -0.25) is 4.79 Å². The fraction of sp³-hybridized carbons (Fsp3) is 0.421. The highest BCUT2D eigenvalue weighted by molar-refractivity contribution is 5.82. The summed E-state index contributed by atoms with van der Waals surface area (Å²) in [6.45, 7) is 1.44. The number of hydrogen-bond donors (Lipinski definition) is 1. The van der Waals surface area contributed by atoms with Gasteiger partial charge in [-0.1, -0.05) is 30.3 Å². The summed E-state index contributed by atoms with van der Waals surface area (Å²) in [4.78, 5) is 12.3. The third-order valence-electron chi connectivity index (χ3n) is 4.92. The van der Waals surface area contributed by atoms with Crippen LogP contribution in [-0.2, 0) is 9.53 Å². The Hall–Kier alpha value is -2.07. The van der Waals surface area contributed by atoms with Crippen LogP contribution in [0.2, 0.25) is 0 Å². The topological polar surface area (TPSA) is 51.5 Å². The molecule has 1 aromatic heterocycles. The molecule has 1 aliphatic heterocycles. The molecule has 120 valence electrons. The molecule has 4 heteroatoms. The molecule has 1 aromatic carbocycles. The van der Waals surface area contributed by atoms with Crippen LogP contribution in [0.15, 0.2) is 53.1 Å². The average molecular weight is 311 g/mol. The van der Waals surface area contributed by atoms with Gasteiger partial charge in [-0.05, 0) is 30.5 Å². The number of rotatable bonds is 5. The van der Waals surface area contributed by atoms with E-state index in [9.17, 15) is 4.79 Å². The van der Waals surface area contributed by atoms with E-state index in [4.69, 9.17) is 9.15 Å². The van der Waals surface area contributed by atoms with E-state index >= 15 is 0 Å². The zero-order chi connectivity index (χ0) is 15.6. The molecule has 1 amide bonds. The van der Waals surface area contributed by atoms with Crippen molar-refractivity contribution in [2.45, 2.75) is 24.9 Å². The second kappa shape index (κ2) is 6.20. The molecular formula is C19H21NO3. The largest absolute Gasteiger partial charge is 0.469 e. The molecule has 2 fully saturated rings. The summed E-state index contributed by atoms with van der Waals surface area (Å²) in [5.74, 6) is 1.75. The number of carbonyl (C=O) groups excluding carboxylic acids is 1. The molecule has 0 bridgehead atoms. The van der Waals surface area contributed by atoms with Gasteiger partial charge in [0.2, 0.25) is 5.91 Å². The van der Waals surface area contributed by atoms with Gasteiger partial charge in [0.1, 0.15) is 5.76 Å². The molecule has 1 saturated heterocycles. The number of furan rings is 1. The number of hydrogen-bond acceptors (Lipinski definition) is 3. The van der Waals surface area contributed by atoms with Gasteiger partial charge in [-0.2, -0.15) is 0 Å². The van der Waals surface area contributed by atoms with E-state index in [2.05, 4.69) is 17.4 Å². The van der Waals surface area contributed by atoms with Gasteiger partial charge in [0.25, 0.3) is 0 Å². The van der Waals surface area contributed by atoms with Gasteiger partial charge >= 0.3 is 0 Å². The lowest BCUT2D eigenvalue weighted by Gasteiger charge is -2.19. The minimum Gasteiger partial charge on any atom is -0.469 e. The Morgan fingerprint density at radius 1 is 1.17 bits per heavy atom. The first-order chi connectivity index (χ1) is 11.3. The number of amides is 1. The van der Waals surface area contributed by atoms with Crippen LogP contribution in [0.3, 0.4) is 0 Å². The van der Waals surface area contributed by atoms with Gasteiger partial charge in [-0.25, -0.2) is 0 Å². The van der Waals surface area contributed by atoms with E-state index in [0.29, 0.717) is 12.5 Å². The molecule has 4 atom stereocenters. The molecule has 2 aliphatic rings. The maximum absolute atomic E-state index is 12.3. The lowest BCUT2D eigenvalue weighted by atomic mass is 9.95. The molecule has 1 saturated carbocycles. The van der Waals surface area contributed by atoms with Crippen LogP contribution in [0.4, 0.5) is 0 Å². The van der Waals surface area contributed by atoms with Crippen LogP contribution in [0, 0.1) is 11.8 Å². The molecule has 0 spiro atoms. The Labute approximate surface area is 135 Å². The maximum atomic E-state index is 12.3. The first kappa shape index (κ1) is 14.5. The summed E-state index contributed by atoms with van der Waals surface area (Å²) in [6, 6.07) is 14.1. The van der Waals surface area contributed by atoms with Crippen molar-refractivity contribution >= 4 is 5.91 Å². The summed E-state index contributed by atoms with van der Waals surface area (Å²) in [7, 11) is 0. The second-order valence-electron chi connectivity index (χ2n) is 6.46. The minimum absolute atomic E-state index is 0.0682. The number of ether oxygens (including phenoxy) is 1. The highest BCUT2D eigenvalue weighted by Crippen LogP contribution is 2.47. The molecule has 0 unspecified atom stereocenters. The van der Waals surface area contributed by atoms with E-state index in [1.165, 1.54) is 5.56 Å². The summed E-state index contributed by atoms with van der Waals surface area (Å²) < 4.78 is 11.3. The number of benzene rings is 1. The Morgan fingerprint density at radius 3 is 2.83 bits per heavy atom. The lowest BCUT2D eigenvalue weighted by molar-refractivity contribution is -0.122. The second-order valence-corrected chi connectivity index (χ2v) is 6.46. The first-order valence-electron chi connectivity index (χ1n) is 8.30. The van der Waals surface area contributed by atoms with Crippen molar-refractivity contribution < 1.29 is 13.9 Å². The van der Waals surface area contributed by atoms with Crippen molar-refractivity contribution in [2.75, 3.05) is 13.2 Å². The van der Waals surface area contributed by atoms with Crippen molar-refractivity contribution in [2.24, 2.45) is 11.8 Å². The average Bonchev–Trinajstić information content (AvgIpc) is 3.01. The minimum atomic E-state index is 0.0682. The van der Waals surface area contributed by atoms with Gasteiger partial charge in [0, 0.05) is 30.9 Å². The molecular weight excluding hydrogens is 290 g/mol. The summed E-state index contributed by atoms with van der Waals surface area (Å²) >= 11 is 0. The van der Waals surface area contributed by atoms with Gasteiger partial charge in [0.15, 0.2) is 0 Å².